The summed E-state index contributed by atoms with van der Waals surface area (Å²) in [7, 11) is 0. The number of nitrogens with zero attached hydrogens (tertiary/aromatic N) is 4. The largest absolute Gasteiger partial charge is 0.444 e. The lowest BCUT2D eigenvalue weighted by Gasteiger charge is -2.11. The lowest BCUT2D eigenvalue weighted by Crippen LogP contribution is -2.06. The summed E-state index contributed by atoms with van der Waals surface area (Å²) in [5, 5.41) is 6.55. The van der Waals surface area contributed by atoms with Gasteiger partial charge in [0.2, 0.25) is 5.95 Å². The summed E-state index contributed by atoms with van der Waals surface area (Å²) in [6, 6.07) is 11.7. The smallest absolute Gasteiger partial charge is 0.229 e. The molecule has 134 valence electrons. The van der Waals surface area contributed by atoms with Gasteiger partial charge in [-0.05, 0) is 42.8 Å². The number of hydrogen-bond acceptors (Lipinski definition) is 7. The Kier molecular flexibility index (Phi) is 4.74. The van der Waals surface area contributed by atoms with Gasteiger partial charge in [-0.25, -0.2) is 9.97 Å². The first-order chi connectivity index (χ1) is 13.3. The lowest BCUT2D eigenvalue weighted by atomic mass is 10.2. The molecule has 2 N–H and O–H groups in total. The summed E-state index contributed by atoms with van der Waals surface area (Å²) >= 11 is 0. The maximum absolute atomic E-state index is 5.30. The highest BCUT2D eigenvalue weighted by molar-refractivity contribution is 5.63. The molecule has 0 saturated heterocycles. The van der Waals surface area contributed by atoms with Crippen LogP contribution in [0.5, 0.6) is 0 Å². The van der Waals surface area contributed by atoms with Crippen molar-refractivity contribution in [2.24, 2.45) is 0 Å². The SMILES string of the molecule is Cc1cnc(Nc2ccc(-c3cnco3)cc2)nc1NCc1cccnc1. The van der Waals surface area contributed by atoms with E-state index in [4.69, 9.17) is 4.42 Å². The topological polar surface area (TPSA) is 88.8 Å². The van der Waals surface area contributed by atoms with Crippen LogP contribution in [0.1, 0.15) is 11.1 Å². The summed E-state index contributed by atoms with van der Waals surface area (Å²) in [5.74, 6) is 2.05. The van der Waals surface area contributed by atoms with E-state index < -0.39 is 0 Å². The molecular formula is C20H18N6O. The van der Waals surface area contributed by atoms with Crippen molar-refractivity contribution >= 4 is 17.5 Å². The van der Waals surface area contributed by atoms with Crippen LogP contribution in [0.4, 0.5) is 17.5 Å². The fraction of sp³-hybridized carbons (Fsp3) is 0.100. The zero-order valence-electron chi connectivity index (χ0n) is 14.8. The van der Waals surface area contributed by atoms with Crippen LogP contribution in [0, 0.1) is 6.92 Å². The van der Waals surface area contributed by atoms with Crippen molar-refractivity contribution < 1.29 is 4.42 Å². The summed E-state index contributed by atoms with van der Waals surface area (Å²) < 4.78 is 5.30. The second-order valence-electron chi connectivity index (χ2n) is 6.01. The molecule has 0 aliphatic rings. The Balaban J connectivity index is 1.46. The van der Waals surface area contributed by atoms with Gasteiger partial charge in [0.1, 0.15) is 5.82 Å². The Morgan fingerprint density at radius 3 is 2.63 bits per heavy atom. The molecule has 0 aliphatic carbocycles. The fourth-order valence-corrected chi connectivity index (χ4v) is 2.57. The lowest BCUT2D eigenvalue weighted by molar-refractivity contribution is 0.572. The second-order valence-corrected chi connectivity index (χ2v) is 6.01. The number of nitrogens with one attached hydrogen (secondary N) is 2. The maximum atomic E-state index is 5.30. The molecule has 7 heteroatoms. The van der Waals surface area contributed by atoms with E-state index >= 15 is 0 Å². The molecule has 4 rings (SSSR count). The van der Waals surface area contributed by atoms with Crippen LogP contribution in [0.15, 0.2) is 72.0 Å². The molecule has 0 aliphatic heterocycles. The molecule has 3 heterocycles. The molecule has 1 aromatic carbocycles. The zero-order chi connectivity index (χ0) is 18.5. The summed E-state index contributed by atoms with van der Waals surface area (Å²) in [6.07, 6.45) is 8.49. The van der Waals surface area contributed by atoms with Crippen LogP contribution in [0.3, 0.4) is 0 Å². The van der Waals surface area contributed by atoms with Crippen molar-refractivity contribution in [3.8, 4) is 11.3 Å². The summed E-state index contributed by atoms with van der Waals surface area (Å²) in [6.45, 7) is 2.62. The number of aromatic nitrogens is 4. The standard InChI is InChI=1S/C20H18N6O/c1-14-9-24-20(26-19(14)23-11-15-3-2-8-21-10-15)25-17-6-4-16(5-7-17)18-12-22-13-27-18/h2-10,12-13H,11H2,1H3,(H2,23,24,25,26). The van der Waals surface area contributed by atoms with Gasteiger partial charge in [-0.2, -0.15) is 4.98 Å². The maximum Gasteiger partial charge on any atom is 0.229 e. The van der Waals surface area contributed by atoms with E-state index in [1.807, 2.05) is 49.5 Å². The highest BCUT2D eigenvalue weighted by atomic mass is 16.3. The molecule has 0 unspecified atom stereocenters. The number of rotatable bonds is 6. The number of aryl methyl sites for hydroxylation is 1. The molecule has 0 spiro atoms. The molecule has 27 heavy (non-hydrogen) atoms. The van der Waals surface area contributed by atoms with Crippen LogP contribution in [0.25, 0.3) is 11.3 Å². The van der Waals surface area contributed by atoms with Crippen LogP contribution in [-0.2, 0) is 6.54 Å². The third-order valence-corrected chi connectivity index (χ3v) is 4.01. The van der Waals surface area contributed by atoms with Crippen molar-refractivity contribution in [2.75, 3.05) is 10.6 Å². The number of anilines is 3. The molecule has 0 amide bonds. The highest BCUT2D eigenvalue weighted by Crippen LogP contribution is 2.22. The van der Waals surface area contributed by atoms with E-state index in [9.17, 15) is 0 Å². The summed E-state index contributed by atoms with van der Waals surface area (Å²) in [5.41, 5.74) is 3.92. The molecule has 0 fully saturated rings. The predicted octanol–water partition coefficient (Wildman–Crippen LogP) is 4.19. The average Bonchev–Trinajstić information content (AvgIpc) is 3.25. The van der Waals surface area contributed by atoms with Crippen molar-refractivity contribution in [1.82, 2.24) is 19.9 Å². The van der Waals surface area contributed by atoms with E-state index in [2.05, 4.69) is 30.6 Å². The monoisotopic (exact) mass is 358 g/mol. The van der Waals surface area contributed by atoms with Crippen molar-refractivity contribution in [2.45, 2.75) is 13.5 Å². The van der Waals surface area contributed by atoms with Crippen molar-refractivity contribution in [1.29, 1.82) is 0 Å². The predicted molar refractivity (Wildman–Crippen MR) is 104 cm³/mol. The molecular weight excluding hydrogens is 340 g/mol. The van der Waals surface area contributed by atoms with Crippen molar-refractivity contribution in [3.05, 3.63) is 78.7 Å². The van der Waals surface area contributed by atoms with E-state index in [0.29, 0.717) is 12.5 Å². The normalized spacial score (nSPS) is 10.6. The Morgan fingerprint density at radius 2 is 1.89 bits per heavy atom. The van der Waals surface area contributed by atoms with Gasteiger partial charge in [-0.1, -0.05) is 6.07 Å². The minimum atomic E-state index is 0.529. The van der Waals surface area contributed by atoms with Gasteiger partial charge in [-0.3, -0.25) is 4.98 Å². The number of benzene rings is 1. The van der Waals surface area contributed by atoms with Crippen LogP contribution >= 0.6 is 0 Å². The third kappa shape index (κ3) is 4.09. The molecule has 3 aromatic heterocycles. The van der Waals surface area contributed by atoms with E-state index in [0.717, 1.165) is 34.0 Å². The molecule has 7 nitrogen and oxygen atoms in total. The van der Waals surface area contributed by atoms with E-state index in [1.54, 1.807) is 18.6 Å². The van der Waals surface area contributed by atoms with E-state index in [-0.39, 0.29) is 0 Å². The Hall–Kier alpha value is -3.74. The minimum absolute atomic E-state index is 0.529. The van der Waals surface area contributed by atoms with Crippen LogP contribution < -0.4 is 10.6 Å². The van der Waals surface area contributed by atoms with E-state index in [1.165, 1.54) is 6.39 Å². The molecule has 0 bridgehead atoms. The third-order valence-electron chi connectivity index (χ3n) is 4.01. The highest BCUT2D eigenvalue weighted by Gasteiger charge is 2.06. The number of pyridine rings is 1. The Morgan fingerprint density at radius 1 is 1.00 bits per heavy atom. The molecule has 0 atom stereocenters. The van der Waals surface area contributed by atoms with Crippen LogP contribution in [-0.4, -0.2) is 19.9 Å². The van der Waals surface area contributed by atoms with Gasteiger partial charge >= 0.3 is 0 Å². The van der Waals surface area contributed by atoms with Gasteiger partial charge in [0.15, 0.2) is 12.2 Å². The van der Waals surface area contributed by atoms with Gasteiger partial charge < -0.3 is 15.1 Å². The first kappa shape index (κ1) is 16.7. The Labute approximate surface area is 156 Å². The molecule has 0 radical (unpaired) electrons. The molecule has 4 aromatic rings. The summed E-state index contributed by atoms with van der Waals surface area (Å²) in [4.78, 5) is 17.0. The first-order valence-electron chi connectivity index (χ1n) is 8.50. The molecule has 0 saturated carbocycles. The number of oxazole rings is 1. The zero-order valence-corrected chi connectivity index (χ0v) is 14.8. The second kappa shape index (κ2) is 7.65. The minimum Gasteiger partial charge on any atom is -0.444 e. The Bertz CT molecular complexity index is 1000. The number of hydrogen-bond donors (Lipinski definition) is 2. The van der Waals surface area contributed by atoms with Gasteiger partial charge in [0, 0.05) is 41.9 Å². The first-order valence-corrected chi connectivity index (χ1v) is 8.50. The van der Waals surface area contributed by atoms with Gasteiger partial charge in [0.05, 0.1) is 6.20 Å². The van der Waals surface area contributed by atoms with Crippen LogP contribution in [0.2, 0.25) is 0 Å². The van der Waals surface area contributed by atoms with Gasteiger partial charge in [-0.15, -0.1) is 0 Å². The van der Waals surface area contributed by atoms with Gasteiger partial charge in [0.25, 0.3) is 0 Å². The fourth-order valence-electron chi connectivity index (χ4n) is 2.57. The average molecular weight is 358 g/mol. The van der Waals surface area contributed by atoms with Crippen molar-refractivity contribution in [3.63, 3.8) is 0 Å². The quantitative estimate of drug-likeness (QED) is 0.534.